The van der Waals surface area contributed by atoms with E-state index in [0.717, 1.165) is 12.8 Å². The Hall–Kier alpha value is -3.88. The van der Waals surface area contributed by atoms with Crippen molar-refractivity contribution in [2.24, 2.45) is 4.99 Å². The zero-order chi connectivity index (χ0) is 21.1. The number of nitrogens with one attached hydrogen (secondary N) is 4. The largest absolute Gasteiger partial charge is 0.335 e. The maximum Gasteiger partial charge on any atom is 0.319 e. The minimum atomic E-state index is -0.691. The molecule has 154 valence electrons. The van der Waals surface area contributed by atoms with Gasteiger partial charge in [0.25, 0.3) is 11.8 Å². The summed E-state index contributed by atoms with van der Waals surface area (Å²) in [6, 6.07) is 15.1. The molecule has 2 aliphatic rings. The van der Waals surface area contributed by atoms with Gasteiger partial charge in [0, 0.05) is 17.4 Å². The van der Waals surface area contributed by atoms with Crippen molar-refractivity contribution in [2.45, 2.75) is 31.8 Å². The molecule has 0 spiro atoms. The summed E-state index contributed by atoms with van der Waals surface area (Å²) in [5, 5.41) is 9.65. The van der Waals surface area contributed by atoms with Crippen LogP contribution in [0.2, 0.25) is 0 Å². The maximum atomic E-state index is 12.7. The van der Waals surface area contributed by atoms with Crippen LogP contribution in [0.15, 0.2) is 59.6 Å². The van der Waals surface area contributed by atoms with Crippen LogP contribution in [-0.2, 0) is 9.59 Å². The number of anilines is 3. The minimum absolute atomic E-state index is 0.0389. The minimum Gasteiger partial charge on any atom is -0.335 e. The Kier molecular flexibility index (Phi) is 5.34. The van der Waals surface area contributed by atoms with E-state index in [2.05, 4.69) is 26.4 Å². The molecule has 0 aromatic heterocycles. The number of benzene rings is 2. The van der Waals surface area contributed by atoms with Gasteiger partial charge in [-0.25, -0.2) is 14.8 Å². The van der Waals surface area contributed by atoms with E-state index in [4.69, 9.17) is 0 Å². The van der Waals surface area contributed by atoms with Crippen molar-refractivity contribution in [3.05, 3.63) is 54.6 Å². The monoisotopic (exact) mass is 406 g/mol. The molecule has 1 aliphatic heterocycles. The van der Waals surface area contributed by atoms with Gasteiger partial charge in [0.15, 0.2) is 0 Å². The van der Waals surface area contributed by atoms with Gasteiger partial charge in [-0.15, -0.1) is 0 Å². The normalized spacial score (nSPS) is 18.2. The summed E-state index contributed by atoms with van der Waals surface area (Å²) >= 11 is 0. The topological polar surface area (TPSA) is 115 Å². The predicted molar refractivity (Wildman–Crippen MR) is 114 cm³/mol. The molecule has 0 radical (unpaired) electrons. The summed E-state index contributed by atoms with van der Waals surface area (Å²) in [5.74, 6) is -0.683. The molecule has 9 nitrogen and oxygen atoms in total. The molecule has 2 aromatic carbocycles. The van der Waals surface area contributed by atoms with Gasteiger partial charge in [-0.2, -0.15) is 0 Å². The van der Waals surface area contributed by atoms with E-state index in [-0.39, 0.29) is 23.8 Å². The number of amides is 4. The van der Waals surface area contributed by atoms with Crippen LogP contribution in [0, 0.1) is 0 Å². The lowest BCUT2D eigenvalue weighted by molar-refractivity contribution is -0.120. The fourth-order valence-corrected chi connectivity index (χ4v) is 2.91. The molecule has 1 heterocycles. The Morgan fingerprint density at radius 3 is 2.27 bits per heavy atom. The van der Waals surface area contributed by atoms with Crippen LogP contribution >= 0.6 is 0 Å². The third kappa shape index (κ3) is 4.57. The van der Waals surface area contributed by atoms with Gasteiger partial charge < -0.3 is 16.0 Å². The summed E-state index contributed by atoms with van der Waals surface area (Å²) < 4.78 is 0. The second-order valence-corrected chi connectivity index (χ2v) is 7.18. The SMILES string of the molecule is CC1N=C(C(=O)Nc2ccc(NC(=O)NC3CC3)cc2)NN(c2ccccc2)C1=O. The lowest BCUT2D eigenvalue weighted by Gasteiger charge is -2.30. The Morgan fingerprint density at radius 2 is 1.63 bits per heavy atom. The Labute approximate surface area is 173 Å². The van der Waals surface area contributed by atoms with Gasteiger partial charge in [-0.1, -0.05) is 18.2 Å². The first-order valence-corrected chi connectivity index (χ1v) is 9.72. The highest BCUT2D eigenvalue weighted by Gasteiger charge is 2.30. The van der Waals surface area contributed by atoms with E-state index in [1.54, 1.807) is 55.5 Å². The molecular formula is C21H22N6O3. The molecule has 1 unspecified atom stereocenters. The van der Waals surface area contributed by atoms with Crippen molar-refractivity contribution in [1.82, 2.24) is 10.7 Å². The van der Waals surface area contributed by atoms with E-state index in [9.17, 15) is 14.4 Å². The van der Waals surface area contributed by atoms with Crippen molar-refractivity contribution in [3.8, 4) is 0 Å². The Balaban J connectivity index is 1.39. The first-order valence-electron chi connectivity index (χ1n) is 9.72. The summed E-state index contributed by atoms with van der Waals surface area (Å²) in [5.41, 5.74) is 4.56. The summed E-state index contributed by atoms with van der Waals surface area (Å²) in [7, 11) is 0. The number of carbonyl (C=O) groups is 3. The number of hydrogen-bond donors (Lipinski definition) is 4. The molecule has 0 bridgehead atoms. The van der Waals surface area contributed by atoms with Crippen molar-refractivity contribution < 1.29 is 14.4 Å². The predicted octanol–water partition coefficient (Wildman–Crippen LogP) is 2.25. The molecule has 9 heteroatoms. The van der Waals surface area contributed by atoms with E-state index in [1.807, 2.05) is 6.07 Å². The van der Waals surface area contributed by atoms with E-state index < -0.39 is 11.9 Å². The van der Waals surface area contributed by atoms with Crippen LogP contribution in [-0.4, -0.2) is 35.8 Å². The number of para-hydroxylation sites is 1. The number of carbonyl (C=O) groups excluding carboxylic acids is 3. The van der Waals surface area contributed by atoms with Gasteiger partial charge in [-0.05, 0) is 56.2 Å². The number of rotatable bonds is 5. The zero-order valence-electron chi connectivity index (χ0n) is 16.4. The Morgan fingerprint density at radius 1 is 1.00 bits per heavy atom. The summed E-state index contributed by atoms with van der Waals surface area (Å²) in [6.07, 6.45) is 2.03. The summed E-state index contributed by atoms with van der Waals surface area (Å²) in [6.45, 7) is 1.64. The molecule has 1 fully saturated rings. The van der Waals surface area contributed by atoms with Crippen molar-refractivity contribution >= 4 is 40.7 Å². The third-order valence-electron chi connectivity index (χ3n) is 4.66. The second-order valence-electron chi connectivity index (χ2n) is 7.18. The van der Waals surface area contributed by atoms with Crippen LogP contribution < -0.4 is 26.4 Å². The van der Waals surface area contributed by atoms with Gasteiger partial charge in [0.05, 0.1) is 5.69 Å². The lowest BCUT2D eigenvalue weighted by atomic mass is 10.2. The first kappa shape index (κ1) is 19.4. The number of urea groups is 1. The van der Waals surface area contributed by atoms with E-state index in [1.165, 1.54) is 5.01 Å². The van der Waals surface area contributed by atoms with Crippen LogP contribution in [0.25, 0.3) is 0 Å². The second kappa shape index (κ2) is 8.24. The van der Waals surface area contributed by atoms with E-state index >= 15 is 0 Å². The van der Waals surface area contributed by atoms with Crippen LogP contribution in [0.3, 0.4) is 0 Å². The van der Waals surface area contributed by atoms with Gasteiger partial charge in [0.1, 0.15) is 6.04 Å². The first-order chi connectivity index (χ1) is 14.5. The smallest absolute Gasteiger partial charge is 0.319 e. The molecule has 1 atom stereocenters. The van der Waals surface area contributed by atoms with Gasteiger partial charge in [0.2, 0.25) is 5.84 Å². The van der Waals surface area contributed by atoms with Crippen LogP contribution in [0.5, 0.6) is 0 Å². The number of nitrogens with zero attached hydrogens (tertiary/aromatic N) is 2. The van der Waals surface area contributed by atoms with Crippen molar-refractivity contribution in [3.63, 3.8) is 0 Å². The molecule has 4 rings (SSSR count). The average molecular weight is 406 g/mol. The van der Waals surface area contributed by atoms with Gasteiger partial charge >= 0.3 is 6.03 Å². The molecule has 30 heavy (non-hydrogen) atoms. The molecule has 1 saturated carbocycles. The highest BCUT2D eigenvalue weighted by Crippen LogP contribution is 2.20. The molecule has 1 aliphatic carbocycles. The van der Waals surface area contributed by atoms with Crippen LogP contribution in [0.1, 0.15) is 19.8 Å². The molecule has 2 aromatic rings. The fourth-order valence-electron chi connectivity index (χ4n) is 2.91. The molecule has 0 saturated heterocycles. The molecule has 4 amide bonds. The number of hydrazine groups is 1. The van der Waals surface area contributed by atoms with Gasteiger partial charge in [-0.3, -0.25) is 15.0 Å². The molecular weight excluding hydrogens is 384 g/mol. The standard InChI is InChI=1S/C21H22N6O3/c1-13-20(29)27(17-5-3-2-4-6-17)26-18(22-13)19(28)23-14-7-9-15(10-8-14)24-21(30)25-16-11-12-16/h2-10,13,16H,11-12H2,1H3,(H,22,26)(H,23,28)(H2,24,25,30). The Bertz CT molecular complexity index is 986. The number of aliphatic imine (C=N–C) groups is 1. The highest BCUT2D eigenvalue weighted by molar-refractivity contribution is 6.43. The highest BCUT2D eigenvalue weighted by atomic mass is 16.2. The zero-order valence-corrected chi connectivity index (χ0v) is 16.4. The van der Waals surface area contributed by atoms with Crippen LogP contribution in [0.4, 0.5) is 21.9 Å². The van der Waals surface area contributed by atoms with Crippen molar-refractivity contribution in [2.75, 3.05) is 15.6 Å². The average Bonchev–Trinajstić information content (AvgIpc) is 3.55. The summed E-state index contributed by atoms with van der Waals surface area (Å²) in [4.78, 5) is 41.1. The quantitative estimate of drug-likeness (QED) is 0.610. The van der Waals surface area contributed by atoms with Crippen molar-refractivity contribution in [1.29, 1.82) is 0 Å². The lowest BCUT2D eigenvalue weighted by Crippen LogP contribution is -2.57. The maximum absolute atomic E-state index is 12.7. The third-order valence-corrected chi connectivity index (χ3v) is 4.66. The fraction of sp³-hybridized carbons (Fsp3) is 0.238. The number of amidine groups is 1. The number of hydrogen-bond acceptors (Lipinski definition) is 5. The van der Waals surface area contributed by atoms with E-state index in [0.29, 0.717) is 17.1 Å². The molecule has 4 N–H and O–H groups in total.